The Morgan fingerprint density at radius 2 is 1.48 bits per heavy atom. The maximum atomic E-state index is 10.9. The summed E-state index contributed by atoms with van der Waals surface area (Å²) < 4.78 is 7.18. The van der Waals surface area contributed by atoms with Gasteiger partial charge in [0, 0.05) is 33.3 Å². The molecule has 0 spiro atoms. The molecule has 27 heavy (non-hydrogen) atoms. The molecule has 3 aromatic carbocycles. The van der Waals surface area contributed by atoms with Gasteiger partial charge in [-0.2, -0.15) is 0 Å². The molecule has 0 aliphatic rings. The van der Waals surface area contributed by atoms with E-state index in [0.29, 0.717) is 5.76 Å². The van der Waals surface area contributed by atoms with Gasteiger partial charge in [0.15, 0.2) is 0 Å². The third kappa shape index (κ3) is 3.55. The SMILES string of the molecule is O=[N+]([O-])c1ccc(-c2cc(-c3cccc(Br)c3)c(-c3ccccc3)o2)cc1. The summed E-state index contributed by atoms with van der Waals surface area (Å²) in [5.74, 6) is 1.43. The van der Waals surface area contributed by atoms with Gasteiger partial charge in [-0.1, -0.05) is 58.4 Å². The topological polar surface area (TPSA) is 56.3 Å². The van der Waals surface area contributed by atoms with Crippen molar-refractivity contribution in [3.63, 3.8) is 0 Å². The highest BCUT2D eigenvalue weighted by atomic mass is 79.9. The van der Waals surface area contributed by atoms with Crippen molar-refractivity contribution in [3.8, 4) is 33.8 Å². The van der Waals surface area contributed by atoms with Crippen molar-refractivity contribution in [2.45, 2.75) is 0 Å². The zero-order valence-corrected chi connectivity index (χ0v) is 15.7. The Morgan fingerprint density at radius 1 is 0.778 bits per heavy atom. The van der Waals surface area contributed by atoms with Gasteiger partial charge in [-0.3, -0.25) is 10.1 Å². The second-order valence-corrected chi connectivity index (χ2v) is 6.95. The minimum absolute atomic E-state index is 0.0563. The minimum Gasteiger partial charge on any atom is -0.455 e. The Bertz CT molecular complexity index is 1100. The summed E-state index contributed by atoms with van der Waals surface area (Å²) in [4.78, 5) is 10.5. The van der Waals surface area contributed by atoms with E-state index in [1.807, 2.05) is 60.7 Å². The van der Waals surface area contributed by atoms with Gasteiger partial charge in [0.2, 0.25) is 0 Å². The summed E-state index contributed by atoms with van der Waals surface area (Å²) in [5.41, 5.74) is 3.82. The van der Waals surface area contributed by atoms with Gasteiger partial charge in [-0.15, -0.1) is 0 Å². The lowest BCUT2D eigenvalue weighted by Crippen LogP contribution is -1.86. The van der Waals surface area contributed by atoms with Crippen LogP contribution in [0.4, 0.5) is 5.69 Å². The van der Waals surface area contributed by atoms with Crippen LogP contribution in [0.2, 0.25) is 0 Å². The van der Waals surface area contributed by atoms with Crippen LogP contribution in [0.25, 0.3) is 33.8 Å². The zero-order chi connectivity index (χ0) is 18.8. The number of hydrogen-bond donors (Lipinski definition) is 0. The molecule has 4 rings (SSSR count). The first-order chi connectivity index (χ1) is 13.1. The standard InChI is InChI=1S/C22H14BrNO3/c23-18-8-4-7-17(13-18)20-14-21(15-9-11-19(12-10-15)24(25)26)27-22(20)16-5-2-1-3-6-16/h1-14H. The van der Waals surface area contributed by atoms with Gasteiger partial charge in [0.05, 0.1) is 4.92 Å². The summed E-state index contributed by atoms with van der Waals surface area (Å²) >= 11 is 3.52. The number of benzene rings is 3. The third-order valence-electron chi connectivity index (χ3n) is 4.27. The molecule has 0 saturated heterocycles. The van der Waals surface area contributed by atoms with Crippen molar-refractivity contribution < 1.29 is 9.34 Å². The van der Waals surface area contributed by atoms with Crippen LogP contribution in [0.3, 0.4) is 0 Å². The fourth-order valence-electron chi connectivity index (χ4n) is 2.96. The Kier molecular flexibility index (Phi) is 4.60. The summed E-state index contributed by atoms with van der Waals surface area (Å²) in [6, 6.07) is 26.3. The molecule has 0 N–H and O–H groups in total. The molecule has 1 aromatic heterocycles. The maximum Gasteiger partial charge on any atom is 0.269 e. The van der Waals surface area contributed by atoms with E-state index in [0.717, 1.165) is 32.5 Å². The lowest BCUT2D eigenvalue weighted by molar-refractivity contribution is -0.384. The van der Waals surface area contributed by atoms with E-state index >= 15 is 0 Å². The van der Waals surface area contributed by atoms with Gasteiger partial charge in [-0.25, -0.2) is 0 Å². The highest BCUT2D eigenvalue weighted by Gasteiger charge is 2.17. The van der Waals surface area contributed by atoms with E-state index in [-0.39, 0.29) is 5.69 Å². The third-order valence-corrected chi connectivity index (χ3v) is 4.76. The summed E-state index contributed by atoms with van der Waals surface area (Å²) in [6.45, 7) is 0. The van der Waals surface area contributed by atoms with Crippen LogP contribution in [-0.4, -0.2) is 4.92 Å². The Hall–Kier alpha value is -3.18. The number of rotatable bonds is 4. The molecule has 4 nitrogen and oxygen atoms in total. The smallest absolute Gasteiger partial charge is 0.269 e. The summed E-state index contributed by atoms with van der Waals surface area (Å²) in [7, 11) is 0. The fraction of sp³-hybridized carbons (Fsp3) is 0. The number of nitrogens with zero attached hydrogens (tertiary/aromatic N) is 1. The van der Waals surface area contributed by atoms with Gasteiger partial charge >= 0.3 is 0 Å². The first-order valence-electron chi connectivity index (χ1n) is 8.32. The van der Waals surface area contributed by atoms with E-state index in [9.17, 15) is 10.1 Å². The molecule has 0 atom stereocenters. The van der Waals surface area contributed by atoms with E-state index in [4.69, 9.17) is 4.42 Å². The molecule has 1 heterocycles. The van der Waals surface area contributed by atoms with Crippen LogP contribution in [0.5, 0.6) is 0 Å². The van der Waals surface area contributed by atoms with E-state index in [2.05, 4.69) is 15.9 Å². The van der Waals surface area contributed by atoms with Gasteiger partial charge in [0.1, 0.15) is 11.5 Å². The van der Waals surface area contributed by atoms with E-state index in [1.165, 1.54) is 12.1 Å². The van der Waals surface area contributed by atoms with Crippen LogP contribution >= 0.6 is 15.9 Å². The molecular weight excluding hydrogens is 406 g/mol. The number of hydrogen-bond acceptors (Lipinski definition) is 3. The molecule has 0 saturated carbocycles. The first kappa shape index (κ1) is 17.2. The summed E-state index contributed by atoms with van der Waals surface area (Å²) in [5, 5.41) is 10.9. The van der Waals surface area contributed by atoms with E-state index < -0.39 is 4.92 Å². The Morgan fingerprint density at radius 3 is 2.15 bits per heavy atom. The predicted molar refractivity (Wildman–Crippen MR) is 109 cm³/mol. The minimum atomic E-state index is -0.408. The van der Waals surface area contributed by atoms with Crippen LogP contribution in [0.1, 0.15) is 0 Å². The molecule has 0 fully saturated rings. The second-order valence-electron chi connectivity index (χ2n) is 6.03. The largest absolute Gasteiger partial charge is 0.455 e. The average molecular weight is 420 g/mol. The van der Waals surface area contributed by atoms with Gasteiger partial charge < -0.3 is 4.42 Å². The lowest BCUT2D eigenvalue weighted by atomic mass is 10.0. The number of nitro groups is 1. The highest BCUT2D eigenvalue weighted by Crippen LogP contribution is 2.39. The van der Waals surface area contributed by atoms with Crippen molar-refractivity contribution in [1.82, 2.24) is 0 Å². The molecule has 0 unspecified atom stereocenters. The van der Waals surface area contributed by atoms with Crippen molar-refractivity contribution in [2.24, 2.45) is 0 Å². The molecule has 0 aliphatic carbocycles. The van der Waals surface area contributed by atoms with Crippen molar-refractivity contribution >= 4 is 21.6 Å². The predicted octanol–water partition coefficient (Wildman–Crippen LogP) is 6.95. The zero-order valence-electron chi connectivity index (χ0n) is 14.1. The van der Waals surface area contributed by atoms with Crippen molar-refractivity contribution in [2.75, 3.05) is 0 Å². The number of halogens is 1. The van der Waals surface area contributed by atoms with Crippen molar-refractivity contribution in [1.29, 1.82) is 0 Å². The first-order valence-corrected chi connectivity index (χ1v) is 9.11. The maximum absolute atomic E-state index is 10.9. The second kappa shape index (κ2) is 7.21. The fourth-order valence-corrected chi connectivity index (χ4v) is 3.35. The Balaban J connectivity index is 1.86. The molecule has 0 bridgehead atoms. The highest BCUT2D eigenvalue weighted by molar-refractivity contribution is 9.10. The normalized spacial score (nSPS) is 10.7. The van der Waals surface area contributed by atoms with E-state index in [1.54, 1.807) is 12.1 Å². The lowest BCUT2D eigenvalue weighted by Gasteiger charge is -2.03. The molecule has 0 amide bonds. The van der Waals surface area contributed by atoms with Gasteiger partial charge in [0.25, 0.3) is 5.69 Å². The molecule has 4 aromatic rings. The summed E-state index contributed by atoms with van der Waals surface area (Å²) in [6.07, 6.45) is 0. The number of non-ortho nitro benzene ring substituents is 1. The average Bonchev–Trinajstić information content (AvgIpc) is 3.14. The van der Waals surface area contributed by atoms with Crippen molar-refractivity contribution in [3.05, 3.63) is 99.5 Å². The van der Waals surface area contributed by atoms with Crippen LogP contribution in [0, 0.1) is 10.1 Å². The molecule has 132 valence electrons. The monoisotopic (exact) mass is 419 g/mol. The van der Waals surface area contributed by atoms with Gasteiger partial charge in [-0.05, 0) is 35.9 Å². The van der Waals surface area contributed by atoms with Crippen LogP contribution in [-0.2, 0) is 0 Å². The van der Waals surface area contributed by atoms with Crippen LogP contribution in [0.15, 0.2) is 93.8 Å². The quantitative estimate of drug-likeness (QED) is 0.265. The molecule has 5 heteroatoms. The number of nitro benzene ring substituents is 1. The molecular formula is C22H14BrNO3. The number of furan rings is 1. The Labute approximate surface area is 164 Å². The molecule has 0 radical (unpaired) electrons. The molecule has 0 aliphatic heterocycles. The van der Waals surface area contributed by atoms with Crippen LogP contribution < -0.4 is 0 Å².